The number of rotatable bonds is 9. The number of nitrogens with zero attached hydrogens (tertiary/aromatic N) is 3. The van der Waals surface area contributed by atoms with Crippen molar-refractivity contribution in [2.75, 3.05) is 59.0 Å². The third kappa shape index (κ3) is 6.05. The molecule has 2 aliphatic heterocycles. The summed E-state index contributed by atoms with van der Waals surface area (Å²) in [6, 6.07) is 6.19. The zero-order chi connectivity index (χ0) is 21.6. The zero-order valence-electron chi connectivity index (χ0n) is 19.0. The van der Waals surface area contributed by atoms with Crippen LogP contribution < -0.4 is 0 Å². The quantitative estimate of drug-likeness (QED) is 0.599. The second-order valence-corrected chi connectivity index (χ2v) is 9.47. The van der Waals surface area contributed by atoms with Gasteiger partial charge in [-0.2, -0.15) is 0 Å². The van der Waals surface area contributed by atoms with Gasteiger partial charge >= 0.3 is 0 Å². The Labute approximate surface area is 186 Å². The summed E-state index contributed by atoms with van der Waals surface area (Å²) in [5.74, 6) is 1.38. The van der Waals surface area contributed by atoms with Crippen LogP contribution in [0, 0.1) is 17.7 Å². The average Bonchev–Trinajstić information content (AvgIpc) is 3.63. The third-order valence-corrected chi connectivity index (χ3v) is 7.28. The minimum atomic E-state index is -0.546. The molecule has 31 heavy (non-hydrogen) atoms. The Morgan fingerprint density at radius 1 is 1.10 bits per heavy atom. The Bertz CT molecular complexity index is 712. The van der Waals surface area contributed by atoms with Gasteiger partial charge in [0.1, 0.15) is 11.9 Å². The summed E-state index contributed by atoms with van der Waals surface area (Å²) in [5.41, 5.74) is 0.496. The lowest BCUT2D eigenvalue weighted by molar-refractivity contribution is -0.140. The Kier molecular flexibility index (Phi) is 7.96. The van der Waals surface area contributed by atoms with Crippen molar-refractivity contribution in [3.63, 3.8) is 0 Å². The first-order valence-corrected chi connectivity index (χ1v) is 12.2. The minimum absolute atomic E-state index is 0.0503. The molecule has 172 valence electrons. The molecule has 4 rings (SSSR count). The van der Waals surface area contributed by atoms with E-state index in [-0.39, 0.29) is 11.7 Å². The van der Waals surface area contributed by atoms with E-state index in [0.29, 0.717) is 37.8 Å². The van der Waals surface area contributed by atoms with E-state index < -0.39 is 6.04 Å². The lowest BCUT2D eigenvalue weighted by Crippen LogP contribution is -2.49. The number of piperidine rings is 1. The smallest absolute Gasteiger partial charge is 0.244 e. The summed E-state index contributed by atoms with van der Waals surface area (Å²) in [6.45, 7) is 9.92. The van der Waals surface area contributed by atoms with Gasteiger partial charge in [0.2, 0.25) is 5.91 Å². The maximum absolute atomic E-state index is 14.7. The Morgan fingerprint density at radius 2 is 1.81 bits per heavy atom. The summed E-state index contributed by atoms with van der Waals surface area (Å²) in [5, 5.41) is 0. The molecule has 0 bridgehead atoms. The molecule has 1 aromatic carbocycles. The topological polar surface area (TPSA) is 36.0 Å². The predicted molar refractivity (Wildman–Crippen MR) is 120 cm³/mol. The van der Waals surface area contributed by atoms with E-state index in [4.69, 9.17) is 4.74 Å². The molecule has 1 saturated carbocycles. The summed E-state index contributed by atoms with van der Waals surface area (Å²) < 4.78 is 20.1. The van der Waals surface area contributed by atoms with E-state index in [0.717, 1.165) is 38.4 Å². The van der Waals surface area contributed by atoms with Crippen LogP contribution in [0.1, 0.15) is 50.6 Å². The third-order valence-electron chi connectivity index (χ3n) is 7.28. The molecule has 1 unspecified atom stereocenters. The van der Waals surface area contributed by atoms with Gasteiger partial charge in [-0.3, -0.25) is 9.69 Å². The van der Waals surface area contributed by atoms with Crippen LogP contribution in [0.4, 0.5) is 4.39 Å². The molecule has 1 aromatic rings. The molecule has 1 aliphatic carbocycles. The van der Waals surface area contributed by atoms with Crippen molar-refractivity contribution < 1.29 is 13.9 Å². The van der Waals surface area contributed by atoms with Crippen LogP contribution in [-0.4, -0.2) is 79.6 Å². The number of carbonyl (C=O) groups is 1. The van der Waals surface area contributed by atoms with Crippen molar-refractivity contribution >= 4 is 5.91 Å². The number of ether oxygens (including phenoxy) is 1. The van der Waals surface area contributed by atoms with E-state index in [9.17, 15) is 9.18 Å². The van der Waals surface area contributed by atoms with Crippen LogP contribution in [0.3, 0.4) is 0 Å². The molecule has 0 radical (unpaired) electrons. The number of hydrogen-bond donors (Lipinski definition) is 0. The van der Waals surface area contributed by atoms with Crippen molar-refractivity contribution in [3.8, 4) is 0 Å². The monoisotopic (exact) mass is 431 g/mol. The van der Waals surface area contributed by atoms with E-state index in [1.807, 2.05) is 11.0 Å². The van der Waals surface area contributed by atoms with Crippen LogP contribution in [-0.2, 0) is 9.53 Å². The lowest BCUT2D eigenvalue weighted by Gasteiger charge is -2.39. The molecule has 3 fully saturated rings. The summed E-state index contributed by atoms with van der Waals surface area (Å²) in [6.07, 6.45) is 6.15. The van der Waals surface area contributed by atoms with Crippen molar-refractivity contribution in [2.45, 2.75) is 45.1 Å². The molecule has 0 N–H and O–H groups in total. The standard InChI is InChI=1S/C25H38FN3O2/c1-2-27(19-21-7-8-21)12-9-20-10-13-29(14-11-20)25(30)24(28-15-17-31-18-16-28)22-5-3-4-6-23(22)26/h3-6,20-21,24H,2,7-19H2,1H3. The van der Waals surface area contributed by atoms with Gasteiger partial charge < -0.3 is 14.5 Å². The van der Waals surface area contributed by atoms with E-state index in [2.05, 4.69) is 16.7 Å². The fourth-order valence-electron chi connectivity index (χ4n) is 5.04. The molecule has 0 spiro atoms. The first-order chi connectivity index (χ1) is 15.2. The largest absolute Gasteiger partial charge is 0.379 e. The molecule has 2 saturated heterocycles. The number of halogens is 1. The van der Waals surface area contributed by atoms with Crippen molar-refractivity contribution in [3.05, 3.63) is 35.6 Å². The molecule has 0 aromatic heterocycles. The van der Waals surface area contributed by atoms with Crippen molar-refractivity contribution in [1.29, 1.82) is 0 Å². The maximum Gasteiger partial charge on any atom is 0.244 e. The normalized spacial score (nSPS) is 22.1. The van der Waals surface area contributed by atoms with Gasteiger partial charge in [-0.15, -0.1) is 0 Å². The predicted octanol–water partition coefficient (Wildman–Crippen LogP) is 3.56. The zero-order valence-corrected chi connectivity index (χ0v) is 19.0. The van der Waals surface area contributed by atoms with E-state index in [1.54, 1.807) is 12.1 Å². The number of amides is 1. The van der Waals surface area contributed by atoms with Gasteiger partial charge in [0.15, 0.2) is 0 Å². The Morgan fingerprint density at radius 3 is 2.45 bits per heavy atom. The summed E-state index contributed by atoms with van der Waals surface area (Å²) in [7, 11) is 0. The van der Waals surface area contributed by atoms with Gasteiger partial charge in [0.25, 0.3) is 0 Å². The molecule has 2 heterocycles. The highest BCUT2D eigenvalue weighted by molar-refractivity contribution is 5.83. The fraction of sp³-hybridized carbons (Fsp3) is 0.720. The molecule has 1 atom stereocenters. The highest BCUT2D eigenvalue weighted by Gasteiger charge is 2.35. The SMILES string of the molecule is CCN(CCC1CCN(C(=O)C(c2ccccc2F)N2CCOCC2)CC1)CC1CC1. The summed E-state index contributed by atoms with van der Waals surface area (Å²) >= 11 is 0. The molecular formula is C25H38FN3O2. The Balaban J connectivity index is 1.34. The number of morpholine rings is 1. The Hall–Kier alpha value is -1.50. The van der Waals surface area contributed by atoms with E-state index in [1.165, 1.54) is 38.4 Å². The fourth-order valence-corrected chi connectivity index (χ4v) is 5.04. The van der Waals surface area contributed by atoms with Gasteiger partial charge in [-0.25, -0.2) is 4.39 Å². The molecule has 1 amide bonds. The lowest BCUT2D eigenvalue weighted by atomic mass is 9.92. The first kappa shape index (κ1) is 22.7. The number of carbonyl (C=O) groups excluding carboxylic acids is 1. The number of likely N-dealkylation sites (tertiary alicyclic amines) is 1. The first-order valence-electron chi connectivity index (χ1n) is 12.2. The van der Waals surface area contributed by atoms with Crippen molar-refractivity contribution in [2.24, 2.45) is 11.8 Å². The van der Waals surface area contributed by atoms with Gasteiger partial charge in [-0.1, -0.05) is 25.1 Å². The van der Waals surface area contributed by atoms with Crippen LogP contribution in [0.5, 0.6) is 0 Å². The van der Waals surface area contributed by atoms with E-state index >= 15 is 0 Å². The van der Waals surface area contributed by atoms with Crippen LogP contribution in [0.15, 0.2) is 24.3 Å². The van der Waals surface area contributed by atoms with Crippen LogP contribution in [0.2, 0.25) is 0 Å². The molecular weight excluding hydrogens is 393 g/mol. The highest BCUT2D eigenvalue weighted by atomic mass is 19.1. The molecule has 3 aliphatic rings. The van der Waals surface area contributed by atoms with Gasteiger partial charge in [0.05, 0.1) is 13.2 Å². The second kappa shape index (κ2) is 10.9. The van der Waals surface area contributed by atoms with Crippen molar-refractivity contribution in [1.82, 2.24) is 14.7 Å². The summed E-state index contributed by atoms with van der Waals surface area (Å²) in [4.78, 5) is 20.2. The molecule has 5 nitrogen and oxygen atoms in total. The second-order valence-electron chi connectivity index (χ2n) is 9.47. The van der Waals surface area contributed by atoms with Crippen LogP contribution in [0.25, 0.3) is 0 Å². The number of hydrogen-bond acceptors (Lipinski definition) is 4. The van der Waals surface area contributed by atoms with Gasteiger partial charge in [-0.05, 0) is 63.1 Å². The highest BCUT2D eigenvalue weighted by Crippen LogP contribution is 2.31. The molecule has 6 heteroatoms. The minimum Gasteiger partial charge on any atom is -0.379 e. The average molecular weight is 432 g/mol. The van der Waals surface area contributed by atoms with Gasteiger partial charge in [0, 0.05) is 38.3 Å². The maximum atomic E-state index is 14.7. The number of benzene rings is 1. The van der Waals surface area contributed by atoms with Crippen LogP contribution >= 0.6 is 0 Å².